The standard InChI is InChI=1S/C17H28N2O2/c1-13(2)14-9-5-6-10-15(14)21-12-8-7-11-17(3,4)16(18)19-20/h5-6,9-10,13,20H,7-8,11-12H2,1-4H3,(H2,18,19). The predicted molar refractivity (Wildman–Crippen MR) is 87.1 cm³/mol. The Kier molecular flexibility index (Phi) is 6.53. The minimum Gasteiger partial charge on any atom is -0.493 e. The molecule has 1 rings (SSSR count). The fourth-order valence-electron chi connectivity index (χ4n) is 2.20. The highest BCUT2D eigenvalue weighted by molar-refractivity contribution is 5.85. The first kappa shape index (κ1) is 17.3. The van der Waals surface area contributed by atoms with E-state index in [1.807, 2.05) is 32.0 Å². The van der Waals surface area contributed by atoms with E-state index in [9.17, 15) is 0 Å². The largest absolute Gasteiger partial charge is 0.493 e. The summed E-state index contributed by atoms with van der Waals surface area (Å²) >= 11 is 0. The van der Waals surface area contributed by atoms with Crippen LogP contribution in [-0.2, 0) is 0 Å². The summed E-state index contributed by atoms with van der Waals surface area (Å²) in [4.78, 5) is 0. The fraction of sp³-hybridized carbons (Fsp3) is 0.588. The Balaban J connectivity index is 2.39. The molecule has 4 heteroatoms. The lowest BCUT2D eigenvalue weighted by atomic mass is 9.86. The Bertz CT molecular complexity index is 468. The maximum absolute atomic E-state index is 8.74. The molecule has 0 fully saturated rings. The molecule has 4 nitrogen and oxygen atoms in total. The van der Waals surface area contributed by atoms with E-state index in [1.54, 1.807) is 0 Å². The summed E-state index contributed by atoms with van der Waals surface area (Å²) < 4.78 is 5.89. The van der Waals surface area contributed by atoms with Gasteiger partial charge >= 0.3 is 0 Å². The molecule has 0 saturated carbocycles. The first-order valence-corrected chi connectivity index (χ1v) is 7.58. The topological polar surface area (TPSA) is 67.8 Å². The molecule has 0 atom stereocenters. The summed E-state index contributed by atoms with van der Waals surface area (Å²) in [6.45, 7) is 8.99. The Morgan fingerprint density at radius 2 is 1.95 bits per heavy atom. The van der Waals surface area contributed by atoms with Crippen LogP contribution in [0.1, 0.15) is 58.4 Å². The summed E-state index contributed by atoms with van der Waals surface area (Å²) in [6.07, 6.45) is 2.81. The van der Waals surface area contributed by atoms with Gasteiger partial charge in [-0.05, 0) is 36.8 Å². The first-order valence-electron chi connectivity index (χ1n) is 7.58. The zero-order chi connectivity index (χ0) is 15.9. The molecule has 0 aliphatic heterocycles. The van der Waals surface area contributed by atoms with Crippen LogP contribution in [0.25, 0.3) is 0 Å². The number of para-hydroxylation sites is 1. The van der Waals surface area contributed by atoms with Crippen molar-refractivity contribution in [1.29, 1.82) is 0 Å². The van der Waals surface area contributed by atoms with Crippen LogP contribution in [0.15, 0.2) is 29.4 Å². The van der Waals surface area contributed by atoms with Gasteiger partial charge in [-0.1, -0.05) is 51.0 Å². The second kappa shape index (κ2) is 7.91. The quantitative estimate of drug-likeness (QED) is 0.249. The van der Waals surface area contributed by atoms with E-state index in [1.165, 1.54) is 5.56 Å². The lowest BCUT2D eigenvalue weighted by Gasteiger charge is -2.22. The van der Waals surface area contributed by atoms with Gasteiger partial charge < -0.3 is 15.7 Å². The first-order chi connectivity index (χ1) is 9.88. The molecule has 0 aliphatic carbocycles. The van der Waals surface area contributed by atoms with Crippen molar-refractivity contribution in [3.8, 4) is 5.75 Å². The molecular weight excluding hydrogens is 264 g/mol. The van der Waals surface area contributed by atoms with Gasteiger partial charge in [0.2, 0.25) is 0 Å². The number of ether oxygens (including phenoxy) is 1. The van der Waals surface area contributed by atoms with Gasteiger partial charge in [0.05, 0.1) is 6.61 Å². The third kappa shape index (κ3) is 5.29. The van der Waals surface area contributed by atoms with E-state index in [4.69, 9.17) is 15.7 Å². The van der Waals surface area contributed by atoms with E-state index >= 15 is 0 Å². The van der Waals surface area contributed by atoms with Gasteiger partial charge in [-0.2, -0.15) is 0 Å². The molecule has 0 aromatic heterocycles. The highest BCUT2D eigenvalue weighted by Gasteiger charge is 2.22. The van der Waals surface area contributed by atoms with Crippen molar-refractivity contribution >= 4 is 5.84 Å². The summed E-state index contributed by atoms with van der Waals surface area (Å²) in [5.74, 6) is 1.72. The molecule has 0 heterocycles. The van der Waals surface area contributed by atoms with Crippen molar-refractivity contribution < 1.29 is 9.94 Å². The maximum atomic E-state index is 8.74. The van der Waals surface area contributed by atoms with E-state index < -0.39 is 0 Å². The molecule has 0 spiro atoms. The second-order valence-electron chi connectivity index (χ2n) is 6.37. The number of amidine groups is 1. The fourth-order valence-corrected chi connectivity index (χ4v) is 2.20. The van der Waals surface area contributed by atoms with Crippen LogP contribution in [0.4, 0.5) is 0 Å². The maximum Gasteiger partial charge on any atom is 0.144 e. The SMILES string of the molecule is CC(C)c1ccccc1OCCCCC(C)(C)/C(N)=N/O. The van der Waals surface area contributed by atoms with Crippen LogP contribution in [0.5, 0.6) is 5.75 Å². The minimum absolute atomic E-state index is 0.273. The number of hydrogen-bond donors (Lipinski definition) is 2. The number of nitrogens with zero attached hydrogens (tertiary/aromatic N) is 1. The zero-order valence-electron chi connectivity index (χ0n) is 13.6. The van der Waals surface area contributed by atoms with Crippen LogP contribution in [-0.4, -0.2) is 17.6 Å². The van der Waals surface area contributed by atoms with Crippen molar-refractivity contribution in [2.24, 2.45) is 16.3 Å². The summed E-state index contributed by atoms with van der Waals surface area (Å²) in [6, 6.07) is 8.18. The van der Waals surface area contributed by atoms with Gasteiger partial charge in [0.1, 0.15) is 11.6 Å². The number of benzene rings is 1. The number of oxime groups is 1. The molecule has 0 unspecified atom stereocenters. The van der Waals surface area contributed by atoms with Gasteiger partial charge in [0, 0.05) is 5.41 Å². The van der Waals surface area contributed by atoms with Crippen LogP contribution < -0.4 is 10.5 Å². The summed E-state index contributed by atoms with van der Waals surface area (Å²) in [5, 5.41) is 11.8. The molecule has 0 bridgehead atoms. The molecule has 1 aromatic rings. The summed E-state index contributed by atoms with van der Waals surface area (Å²) in [5.41, 5.74) is 6.65. The summed E-state index contributed by atoms with van der Waals surface area (Å²) in [7, 11) is 0. The second-order valence-corrected chi connectivity index (χ2v) is 6.37. The number of hydrogen-bond acceptors (Lipinski definition) is 3. The molecule has 118 valence electrons. The van der Waals surface area contributed by atoms with Crippen LogP contribution in [0.3, 0.4) is 0 Å². The average molecular weight is 292 g/mol. The third-order valence-electron chi connectivity index (χ3n) is 3.80. The molecule has 3 N–H and O–H groups in total. The molecule has 0 amide bonds. The molecule has 0 aliphatic rings. The van der Waals surface area contributed by atoms with Crippen molar-refractivity contribution in [3.63, 3.8) is 0 Å². The Hall–Kier alpha value is -1.71. The van der Waals surface area contributed by atoms with Gasteiger partial charge in [-0.15, -0.1) is 0 Å². The van der Waals surface area contributed by atoms with E-state index in [0.717, 1.165) is 25.0 Å². The van der Waals surface area contributed by atoms with Gasteiger partial charge in [-0.25, -0.2) is 0 Å². The van der Waals surface area contributed by atoms with Gasteiger partial charge in [0.25, 0.3) is 0 Å². The minimum atomic E-state index is -0.273. The molecule has 21 heavy (non-hydrogen) atoms. The average Bonchev–Trinajstić information content (AvgIpc) is 2.46. The highest BCUT2D eigenvalue weighted by Crippen LogP contribution is 2.27. The molecule has 0 radical (unpaired) electrons. The number of nitrogens with two attached hydrogens (primary N) is 1. The van der Waals surface area contributed by atoms with Crippen LogP contribution in [0.2, 0.25) is 0 Å². The Morgan fingerprint density at radius 3 is 2.57 bits per heavy atom. The number of rotatable bonds is 8. The Morgan fingerprint density at radius 1 is 1.29 bits per heavy atom. The highest BCUT2D eigenvalue weighted by atomic mass is 16.5. The van der Waals surface area contributed by atoms with E-state index in [0.29, 0.717) is 12.5 Å². The predicted octanol–water partition coefficient (Wildman–Crippen LogP) is 4.13. The van der Waals surface area contributed by atoms with Crippen molar-refractivity contribution in [3.05, 3.63) is 29.8 Å². The van der Waals surface area contributed by atoms with Crippen molar-refractivity contribution in [2.75, 3.05) is 6.61 Å². The monoisotopic (exact) mass is 292 g/mol. The van der Waals surface area contributed by atoms with Crippen molar-refractivity contribution in [2.45, 2.75) is 52.9 Å². The third-order valence-corrected chi connectivity index (χ3v) is 3.80. The van der Waals surface area contributed by atoms with Crippen LogP contribution >= 0.6 is 0 Å². The lowest BCUT2D eigenvalue weighted by molar-refractivity contribution is 0.286. The van der Waals surface area contributed by atoms with Gasteiger partial charge in [0.15, 0.2) is 0 Å². The van der Waals surface area contributed by atoms with Crippen LogP contribution in [0, 0.1) is 5.41 Å². The molecule has 1 aromatic carbocycles. The smallest absolute Gasteiger partial charge is 0.144 e. The van der Waals surface area contributed by atoms with Gasteiger partial charge in [-0.3, -0.25) is 0 Å². The van der Waals surface area contributed by atoms with Crippen molar-refractivity contribution in [1.82, 2.24) is 0 Å². The molecular formula is C17H28N2O2. The number of unbranched alkanes of at least 4 members (excludes halogenated alkanes) is 1. The zero-order valence-corrected chi connectivity index (χ0v) is 13.6. The van der Waals surface area contributed by atoms with E-state index in [-0.39, 0.29) is 11.3 Å². The Labute approximate surface area is 128 Å². The molecule has 0 saturated heterocycles. The normalized spacial score (nSPS) is 12.7. The lowest BCUT2D eigenvalue weighted by Crippen LogP contribution is -2.31. The van der Waals surface area contributed by atoms with E-state index in [2.05, 4.69) is 25.1 Å².